The molecule has 1 fully saturated rings. The number of nitrogens with zero attached hydrogens (tertiary/aromatic N) is 2. The second-order valence-electron chi connectivity index (χ2n) is 6.34. The molecule has 1 atom stereocenters. The predicted octanol–water partition coefficient (Wildman–Crippen LogP) is 3.66. The van der Waals surface area contributed by atoms with Crippen LogP contribution in [0.3, 0.4) is 0 Å². The summed E-state index contributed by atoms with van der Waals surface area (Å²) in [5.41, 5.74) is 2.22. The fraction of sp³-hybridized carbons (Fsp3) is 0.500. The Labute approximate surface area is 146 Å². The van der Waals surface area contributed by atoms with Crippen molar-refractivity contribution in [1.29, 1.82) is 0 Å². The molecule has 0 bridgehead atoms. The Kier molecular flexibility index (Phi) is 5.86. The van der Waals surface area contributed by atoms with Crippen LogP contribution in [0.2, 0.25) is 0 Å². The molecule has 1 aliphatic rings. The molecule has 1 aromatic heterocycles. The summed E-state index contributed by atoms with van der Waals surface area (Å²) in [6.07, 6.45) is 4.48. The highest BCUT2D eigenvalue weighted by atomic mass is 79.9. The van der Waals surface area contributed by atoms with Gasteiger partial charge in [-0.05, 0) is 50.5 Å². The lowest BCUT2D eigenvalue weighted by atomic mass is 10.1. The second-order valence-corrected chi connectivity index (χ2v) is 7.26. The Hall–Kier alpha value is -1.17. The number of aromatic amines is 1. The number of likely N-dealkylation sites (tertiary alicyclic amines) is 1. The summed E-state index contributed by atoms with van der Waals surface area (Å²) in [5.74, 6) is 1.78. The van der Waals surface area contributed by atoms with Crippen molar-refractivity contribution >= 4 is 15.9 Å². The molecule has 23 heavy (non-hydrogen) atoms. The molecule has 2 heterocycles. The second kappa shape index (κ2) is 8.08. The van der Waals surface area contributed by atoms with Crippen LogP contribution < -0.4 is 5.32 Å². The average molecular weight is 377 g/mol. The van der Waals surface area contributed by atoms with Crippen molar-refractivity contribution in [3.05, 3.63) is 40.8 Å². The minimum atomic E-state index is 0.779. The third kappa shape index (κ3) is 4.66. The SMILES string of the molecule is CCCN1CCC(CNCc2ncc(-c3cccc(Br)c3)[nH]2)C1. The molecule has 1 aliphatic heterocycles. The smallest absolute Gasteiger partial charge is 0.120 e. The van der Waals surface area contributed by atoms with E-state index in [4.69, 9.17) is 0 Å². The van der Waals surface area contributed by atoms with Crippen molar-refractivity contribution in [1.82, 2.24) is 20.2 Å². The first-order valence-corrected chi connectivity index (χ1v) is 9.27. The zero-order valence-corrected chi connectivity index (χ0v) is 15.3. The lowest BCUT2D eigenvalue weighted by molar-refractivity contribution is 0.322. The molecule has 4 nitrogen and oxygen atoms in total. The van der Waals surface area contributed by atoms with E-state index in [2.05, 4.69) is 55.2 Å². The van der Waals surface area contributed by atoms with Crippen LogP contribution in [-0.2, 0) is 6.54 Å². The zero-order chi connectivity index (χ0) is 16.1. The molecule has 2 N–H and O–H groups in total. The standard InChI is InChI=1S/C18H25BrN4/c1-2-7-23-8-6-14(13-23)10-20-12-18-21-11-17(22-18)15-4-3-5-16(19)9-15/h3-5,9,11,14,20H,2,6-8,10,12-13H2,1H3,(H,21,22). The third-order valence-electron chi connectivity index (χ3n) is 4.40. The van der Waals surface area contributed by atoms with Crippen molar-refractivity contribution in [2.45, 2.75) is 26.3 Å². The third-order valence-corrected chi connectivity index (χ3v) is 4.89. The highest BCUT2D eigenvalue weighted by Gasteiger charge is 2.21. The number of hydrogen-bond donors (Lipinski definition) is 2. The molecule has 3 rings (SSSR count). The molecule has 0 saturated carbocycles. The maximum absolute atomic E-state index is 4.49. The van der Waals surface area contributed by atoms with Gasteiger partial charge in [0, 0.05) is 16.6 Å². The van der Waals surface area contributed by atoms with E-state index in [-0.39, 0.29) is 0 Å². The van der Waals surface area contributed by atoms with Crippen LogP contribution >= 0.6 is 15.9 Å². The molecule has 124 valence electrons. The Morgan fingerprint density at radius 1 is 1.43 bits per heavy atom. The van der Waals surface area contributed by atoms with E-state index in [9.17, 15) is 0 Å². The first-order valence-electron chi connectivity index (χ1n) is 8.47. The summed E-state index contributed by atoms with van der Waals surface area (Å²) in [6, 6.07) is 8.27. The summed E-state index contributed by atoms with van der Waals surface area (Å²) in [5, 5.41) is 3.55. The maximum atomic E-state index is 4.49. The number of nitrogens with one attached hydrogen (secondary N) is 2. The highest BCUT2D eigenvalue weighted by molar-refractivity contribution is 9.10. The van der Waals surface area contributed by atoms with Crippen LogP contribution in [0.25, 0.3) is 11.3 Å². The summed E-state index contributed by atoms with van der Waals surface area (Å²) >= 11 is 3.51. The molecule has 5 heteroatoms. The first kappa shape index (κ1) is 16.7. The lowest BCUT2D eigenvalue weighted by Gasteiger charge is -2.14. The predicted molar refractivity (Wildman–Crippen MR) is 98.3 cm³/mol. The zero-order valence-electron chi connectivity index (χ0n) is 13.7. The van der Waals surface area contributed by atoms with Crippen LogP contribution in [-0.4, -0.2) is 41.0 Å². The number of imidazole rings is 1. The number of aromatic nitrogens is 2. The van der Waals surface area contributed by atoms with E-state index in [0.29, 0.717) is 0 Å². The van der Waals surface area contributed by atoms with E-state index in [0.717, 1.165) is 40.6 Å². The van der Waals surface area contributed by atoms with E-state index >= 15 is 0 Å². The minimum Gasteiger partial charge on any atom is -0.341 e. The first-order chi connectivity index (χ1) is 11.2. The number of rotatable bonds is 7. The minimum absolute atomic E-state index is 0.779. The fourth-order valence-electron chi connectivity index (χ4n) is 3.25. The van der Waals surface area contributed by atoms with Gasteiger partial charge in [0.25, 0.3) is 0 Å². The van der Waals surface area contributed by atoms with Crippen LogP contribution in [0.15, 0.2) is 34.9 Å². The Morgan fingerprint density at radius 2 is 2.35 bits per heavy atom. The van der Waals surface area contributed by atoms with Gasteiger partial charge in [-0.15, -0.1) is 0 Å². The Balaban J connectivity index is 1.47. The van der Waals surface area contributed by atoms with Gasteiger partial charge in [-0.1, -0.05) is 35.0 Å². The van der Waals surface area contributed by atoms with Crippen molar-refractivity contribution in [3.63, 3.8) is 0 Å². The molecule has 2 aromatic rings. The monoisotopic (exact) mass is 376 g/mol. The fourth-order valence-corrected chi connectivity index (χ4v) is 3.65. The van der Waals surface area contributed by atoms with Gasteiger partial charge in [0.1, 0.15) is 5.82 Å². The molecule has 1 saturated heterocycles. The topological polar surface area (TPSA) is 44.0 Å². The largest absolute Gasteiger partial charge is 0.341 e. The van der Waals surface area contributed by atoms with E-state index in [1.165, 1.54) is 32.5 Å². The summed E-state index contributed by atoms with van der Waals surface area (Å²) < 4.78 is 1.09. The van der Waals surface area contributed by atoms with Gasteiger partial charge in [-0.25, -0.2) is 4.98 Å². The Bertz CT molecular complexity index is 625. The molecule has 0 aliphatic carbocycles. The molecule has 1 unspecified atom stereocenters. The van der Waals surface area contributed by atoms with Gasteiger partial charge in [-0.2, -0.15) is 0 Å². The molecular formula is C18H25BrN4. The lowest BCUT2D eigenvalue weighted by Crippen LogP contribution is -2.27. The number of H-pyrrole nitrogens is 1. The van der Waals surface area contributed by atoms with E-state index in [1.807, 2.05) is 18.3 Å². The van der Waals surface area contributed by atoms with Gasteiger partial charge in [0.05, 0.1) is 18.4 Å². The number of halogens is 1. The number of benzene rings is 1. The summed E-state index contributed by atoms with van der Waals surface area (Å²) in [7, 11) is 0. The van der Waals surface area contributed by atoms with Crippen LogP contribution in [0.4, 0.5) is 0 Å². The molecular weight excluding hydrogens is 352 g/mol. The van der Waals surface area contributed by atoms with Crippen molar-refractivity contribution in [2.75, 3.05) is 26.2 Å². The number of hydrogen-bond acceptors (Lipinski definition) is 3. The maximum Gasteiger partial charge on any atom is 0.120 e. The van der Waals surface area contributed by atoms with Gasteiger partial charge in [0.2, 0.25) is 0 Å². The van der Waals surface area contributed by atoms with E-state index < -0.39 is 0 Å². The van der Waals surface area contributed by atoms with Gasteiger partial charge < -0.3 is 15.2 Å². The molecule has 0 amide bonds. The van der Waals surface area contributed by atoms with Crippen molar-refractivity contribution in [3.8, 4) is 11.3 Å². The van der Waals surface area contributed by atoms with Crippen molar-refractivity contribution < 1.29 is 0 Å². The van der Waals surface area contributed by atoms with Gasteiger partial charge in [0.15, 0.2) is 0 Å². The molecule has 0 radical (unpaired) electrons. The van der Waals surface area contributed by atoms with Crippen molar-refractivity contribution in [2.24, 2.45) is 5.92 Å². The quantitative estimate of drug-likeness (QED) is 0.774. The summed E-state index contributed by atoms with van der Waals surface area (Å²) in [4.78, 5) is 10.5. The van der Waals surface area contributed by atoms with Crippen LogP contribution in [0.1, 0.15) is 25.6 Å². The highest BCUT2D eigenvalue weighted by Crippen LogP contribution is 2.21. The van der Waals surface area contributed by atoms with Gasteiger partial charge in [-0.3, -0.25) is 0 Å². The normalized spacial score (nSPS) is 18.6. The van der Waals surface area contributed by atoms with Gasteiger partial charge >= 0.3 is 0 Å². The van der Waals surface area contributed by atoms with Crippen LogP contribution in [0, 0.1) is 5.92 Å². The van der Waals surface area contributed by atoms with E-state index in [1.54, 1.807) is 0 Å². The average Bonchev–Trinajstić information content (AvgIpc) is 3.18. The molecule has 1 aromatic carbocycles. The summed E-state index contributed by atoms with van der Waals surface area (Å²) in [6.45, 7) is 7.87. The molecule has 0 spiro atoms. The van der Waals surface area contributed by atoms with Crippen LogP contribution in [0.5, 0.6) is 0 Å². The Morgan fingerprint density at radius 3 is 3.17 bits per heavy atom.